The number of benzene rings is 1. The molecule has 1 aliphatic heterocycles. The first-order valence-electron chi connectivity index (χ1n) is 11.1. The van der Waals surface area contributed by atoms with Gasteiger partial charge in [-0.05, 0) is 45.9 Å². The predicted molar refractivity (Wildman–Crippen MR) is 130 cm³/mol. The molecule has 2 amide bonds. The number of anilines is 1. The van der Waals surface area contributed by atoms with Crippen molar-refractivity contribution in [1.29, 1.82) is 0 Å². The van der Waals surface area contributed by atoms with Crippen LogP contribution in [0, 0.1) is 0 Å². The fraction of sp³-hybridized carbons (Fsp3) is 0.609. The minimum Gasteiger partial charge on any atom is -0.850 e. The number of fused-ring (bicyclic) bond motifs is 1. The summed E-state index contributed by atoms with van der Waals surface area (Å²) in [6.07, 6.45) is -1.43. The average Bonchev–Trinajstić information content (AvgIpc) is 3.23. The Labute approximate surface area is 222 Å². The monoisotopic (exact) mass is 502 g/mol. The zero-order chi connectivity index (χ0) is 25.7. The van der Waals surface area contributed by atoms with Gasteiger partial charge in [-0.2, -0.15) is 0 Å². The van der Waals surface area contributed by atoms with Gasteiger partial charge in [-0.25, -0.2) is 9.59 Å². The molecule has 1 atom stereocenters. The molecule has 1 aromatic carbocycles. The van der Waals surface area contributed by atoms with Crippen LogP contribution >= 0.6 is 11.3 Å². The van der Waals surface area contributed by atoms with E-state index in [2.05, 4.69) is 10.5 Å². The van der Waals surface area contributed by atoms with Crippen molar-refractivity contribution in [2.24, 2.45) is 5.16 Å². The number of nitrogens with zero attached hydrogens (tertiary/aromatic N) is 3. The van der Waals surface area contributed by atoms with Gasteiger partial charge in [0.25, 0.3) is 0 Å². The first-order chi connectivity index (χ1) is 15.7. The molecule has 35 heavy (non-hydrogen) atoms. The zero-order valence-corrected chi connectivity index (χ0v) is 22.9. The minimum atomic E-state index is -0.750. The summed E-state index contributed by atoms with van der Waals surface area (Å²) in [4.78, 5) is 31.4. The summed E-state index contributed by atoms with van der Waals surface area (Å²) in [7, 11) is 1.52. The number of alkyl carbamates (subject to hydrolysis) is 1. The third-order valence-electron chi connectivity index (χ3n) is 4.21. The molecule has 2 aromatic rings. The van der Waals surface area contributed by atoms with E-state index in [1.54, 1.807) is 46.4 Å². The summed E-state index contributed by atoms with van der Waals surface area (Å²) in [6.45, 7) is 13.6. The van der Waals surface area contributed by atoms with Crippen LogP contribution in [0.3, 0.4) is 0 Å². The maximum absolute atomic E-state index is 12.3. The summed E-state index contributed by atoms with van der Waals surface area (Å²) >= 11 is 1.49. The quantitative estimate of drug-likeness (QED) is 0.461. The van der Waals surface area contributed by atoms with Crippen LogP contribution in [-0.4, -0.2) is 54.3 Å². The largest absolute Gasteiger partial charge is 1.00 e. The number of nitrogens with one attached hydrogen (secondary N) is 1. The molecule has 190 valence electrons. The number of ether oxygens (including phenoxy) is 2. The zero-order valence-electron chi connectivity index (χ0n) is 22.1. The molecule has 0 aliphatic carbocycles. The van der Waals surface area contributed by atoms with Gasteiger partial charge in [0.1, 0.15) is 18.8 Å². The smallest absolute Gasteiger partial charge is 0.850 e. The summed E-state index contributed by atoms with van der Waals surface area (Å²) in [5.74, 6) is 0. The molecule has 1 fully saturated rings. The fourth-order valence-corrected chi connectivity index (χ4v) is 4.14. The number of rotatable bonds is 5. The van der Waals surface area contributed by atoms with Crippen molar-refractivity contribution in [3.05, 3.63) is 23.0 Å². The second-order valence-corrected chi connectivity index (χ2v) is 10.7. The molecule has 0 unspecified atom stereocenters. The Morgan fingerprint density at radius 3 is 2.46 bits per heavy atom. The molecule has 1 aromatic heterocycles. The topological polar surface area (TPSA) is 117 Å². The van der Waals surface area contributed by atoms with Gasteiger partial charge in [-0.1, -0.05) is 37.3 Å². The Morgan fingerprint density at radius 2 is 1.91 bits per heavy atom. The second-order valence-electron chi connectivity index (χ2n) is 9.67. The molecule has 10 nitrogen and oxygen atoms in total. The molecule has 0 saturated carbocycles. The molecule has 12 heteroatoms. The van der Waals surface area contributed by atoms with E-state index in [1.807, 2.05) is 29.7 Å². The van der Waals surface area contributed by atoms with Crippen LogP contribution in [0.4, 0.5) is 15.3 Å². The molecule has 3 rings (SSSR count). The molecule has 1 N–H and O–H groups in total. The molecule has 0 spiro atoms. The van der Waals surface area contributed by atoms with Gasteiger partial charge in [-0.3, -0.25) is 4.90 Å². The molecule has 0 bridgehead atoms. The summed E-state index contributed by atoms with van der Waals surface area (Å²) < 4.78 is 13.6. The maximum atomic E-state index is 12.3. The van der Waals surface area contributed by atoms with Crippen molar-refractivity contribution >= 4 is 39.4 Å². The van der Waals surface area contributed by atoms with E-state index in [-0.39, 0.29) is 25.4 Å². The van der Waals surface area contributed by atoms with E-state index in [0.29, 0.717) is 6.54 Å². The average molecular weight is 503 g/mol. The van der Waals surface area contributed by atoms with Crippen molar-refractivity contribution in [1.82, 2.24) is 9.88 Å². The van der Waals surface area contributed by atoms with Crippen molar-refractivity contribution in [2.45, 2.75) is 72.3 Å². The third kappa shape index (κ3) is 9.76. The van der Waals surface area contributed by atoms with Crippen LogP contribution in [0.15, 0.2) is 23.4 Å². The SMILES string of the molecule is CC(C)(C)[O-].CCn1c(=NOC)sc2cc(N3C[C@H](CNC(=O)OC(C)(C)C)OC3=O)ccc21.[Li+]. The van der Waals surface area contributed by atoms with Crippen LogP contribution in [0.2, 0.25) is 0 Å². The standard InChI is InChI=1S/C19H26N4O5S.C4H9O.Li/c1-6-22-14-8-7-12(9-15(14)29-16(22)21-26-5)23-11-13(27-18(23)25)10-20-17(24)28-19(2,3)4;1-4(2,3)5;/h7-9,13H,6,10-11H2,1-5H3,(H,20,24);1-3H3;/q;-1;+1/t13-;;/m0../s1. The van der Waals surface area contributed by atoms with E-state index < -0.39 is 29.5 Å². The number of carbonyl (C=O) groups is 2. The molecular formula is C23H35LiN4O6S. The summed E-state index contributed by atoms with van der Waals surface area (Å²) in [5.41, 5.74) is 0.422. The number of aromatic nitrogens is 1. The number of amides is 2. The Bertz CT molecular complexity index is 1060. The van der Waals surface area contributed by atoms with Gasteiger partial charge < -0.3 is 29.3 Å². The third-order valence-corrected chi connectivity index (χ3v) is 5.24. The first kappa shape index (κ1) is 30.8. The predicted octanol–water partition coefficient (Wildman–Crippen LogP) is 0.184. The van der Waals surface area contributed by atoms with Crippen LogP contribution < -0.4 is 39.0 Å². The molecular weight excluding hydrogens is 467 g/mol. The Balaban J connectivity index is 0.000000927. The summed E-state index contributed by atoms with van der Waals surface area (Å²) in [6, 6.07) is 5.77. The first-order valence-corrected chi connectivity index (χ1v) is 11.9. The number of thiazole rings is 1. The van der Waals surface area contributed by atoms with Crippen molar-refractivity contribution in [3.63, 3.8) is 0 Å². The summed E-state index contributed by atoms with van der Waals surface area (Å²) in [5, 5.41) is 16.8. The van der Waals surface area contributed by atoms with E-state index in [9.17, 15) is 14.7 Å². The van der Waals surface area contributed by atoms with Crippen LogP contribution in [-0.2, 0) is 20.9 Å². The van der Waals surface area contributed by atoms with Gasteiger partial charge in [0.2, 0.25) is 4.80 Å². The number of hydrogen-bond acceptors (Lipinski definition) is 8. The van der Waals surface area contributed by atoms with E-state index in [4.69, 9.17) is 14.3 Å². The minimum absolute atomic E-state index is 0. The fourth-order valence-electron chi connectivity index (χ4n) is 3.03. The number of aryl methyl sites for hydroxylation is 1. The number of cyclic esters (lactones) is 1. The van der Waals surface area contributed by atoms with Gasteiger partial charge in [0.05, 0.1) is 23.3 Å². The molecule has 1 saturated heterocycles. The van der Waals surface area contributed by atoms with Crippen LogP contribution in [0.5, 0.6) is 0 Å². The van der Waals surface area contributed by atoms with E-state index in [0.717, 1.165) is 27.3 Å². The van der Waals surface area contributed by atoms with Gasteiger partial charge in [0.15, 0.2) is 0 Å². The van der Waals surface area contributed by atoms with Crippen molar-refractivity contribution < 1.29 is 47.9 Å². The van der Waals surface area contributed by atoms with Gasteiger partial charge in [0, 0.05) is 12.2 Å². The van der Waals surface area contributed by atoms with Gasteiger partial charge >= 0.3 is 31.0 Å². The Hall–Kier alpha value is -2.19. The van der Waals surface area contributed by atoms with Crippen molar-refractivity contribution in [3.8, 4) is 0 Å². The molecule has 0 radical (unpaired) electrons. The molecule has 2 heterocycles. The van der Waals surface area contributed by atoms with Crippen molar-refractivity contribution in [2.75, 3.05) is 25.1 Å². The second kappa shape index (κ2) is 12.7. The number of carbonyl (C=O) groups excluding carboxylic acids is 2. The molecule has 1 aliphatic rings. The van der Waals surface area contributed by atoms with E-state index in [1.165, 1.54) is 18.4 Å². The Morgan fingerprint density at radius 1 is 1.29 bits per heavy atom. The normalized spacial score (nSPS) is 16.3. The Kier molecular flexibility index (Phi) is 11.2. The van der Waals surface area contributed by atoms with Gasteiger partial charge in [-0.15, -0.1) is 5.60 Å². The maximum Gasteiger partial charge on any atom is 1.00 e. The van der Waals surface area contributed by atoms with E-state index >= 15 is 0 Å². The number of hydrogen-bond donors (Lipinski definition) is 1. The van der Waals surface area contributed by atoms with Crippen LogP contribution in [0.25, 0.3) is 10.2 Å². The van der Waals surface area contributed by atoms with Crippen LogP contribution in [0.1, 0.15) is 48.5 Å².